The Bertz CT molecular complexity index is 661. The van der Waals surface area contributed by atoms with Crippen molar-refractivity contribution >= 4 is 0 Å². The molecule has 22 heavy (non-hydrogen) atoms. The van der Waals surface area contributed by atoms with Gasteiger partial charge in [-0.05, 0) is 30.9 Å². The third kappa shape index (κ3) is 3.55. The lowest BCUT2D eigenvalue weighted by molar-refractivity contribution is 0.0142. The average molecular weight is 296 g/mol. The number of hydrogen-bond acceptors (Lipinski definition) is 3. The molecule has 0 amide bonds. The van der Waals surface area contributed by atoms with Crippen LogP contribution in [0.25, 0.3) is 0 Å². The highest BCUT2D eigenvalue weighted by atomic mass is 16.5. The van der Waals surface area contributed by atoms with Gasteiger partial charge in [0.1, 0.15) is 6.61 Å². The van der Waals surface area contributed by atoms with Crippen LogP contribution in [0.4, 0.5) is 0 Å². The van der Waals surface area contributed by atoms with E-state index in [1.807, 2.05) is 48.5 Å². The van der Waals surface area contributed by atoms with Crippen molar-refractivity contribution in [2.24, 2.45) is 0 Å². The lowest BCUT2D eigenvalue weighted by atomic mass is 10.0. The normalized spacial score (nSPS) is 17.9. The lowest BCUT2D eigenvalue weighted by Crippen LogP contribution is -2.19. The minimum Gasteiger partial charge on any atom is -0.485 e. The molecule has 0 spiro atoms. The fraction of sp³-hybridized carbons (Fsp3) is 0.316. The Morgan fingerprint density at radius 3 is 2.55 bits per heavy atom. The molecule has 0 N–H and O–H groups in total. The fourth-order valence-corrected chi connectivity index (χ4v) is 2.68. The molecule has 0 aliphatic carbocycles. The summed E-state index contributed by atoms with van der Waals surface area (Å²) < 4.78 is 11.5. The number of benzene rings is 1. The predicted molar refractivity (Wildman–Crippen MR) is 86.0 cm³/mol. The molecule has 1 heterocycles. The van der Waals surface area contributed by atoms with Crippen molar-refractivity contribution in [3.8, 4) is 5.75 Å². The monoisotopic (exact) mass is 296 g/mol. The first-order valence-electron chi connectivity index (χ1n) is 7.76. The molecule has 1 saturated heterocycles. The highest BCUT2D eigenvalue weighted by molar-refractivity contribution is 5.29. The highest BCUT2D eigenvalue weighted by Gasteiger charge is 2.19. The van der Waals surface area contributed by atoms with Crippen LogP contribution >= 0.6 is 0 Å². The topological polar surface area (TPSA) is 35.5 Å². The highest BCUT2D eigenvalue weighted by Crippen LogP contribution is 2.26. The standard InChI is InChI=1S/C19H20O3/c20-19-16(17-11-6-7-13-21-17)10-4-5-12-18(19)22-14-15-8-2-1-3-9-15/h1-5,8-10,12,17H,6-7,11,13-14H2. The van der Waals surface area contributed by atoms with Crippen molar-refractivity contribution in [2.75, 3.05) is 6.61 Å². The van der Waals surface area contributed by atoms with E-state index in [0.29, 0.717) is 17.9 Å². The summed E-state index contributed by atoms with van der Waals surface area (Å²) in [7, 11) is 0. The maximum Gasteiger partial charge on any atom is 0.226 e. The van der Waals surface area contributed by atoms with Gasteiger partial charge in [0.15, 0.2) is 5.75 Å². The lowest BCUT2D eigenvalue weighted by Gasteiger charge is -2.21. The Morgan fingerprint density at radius 2 is 1.77 bits per heavy atom. The van der Waals surface area contributed by atoms with Crippen molar-refractivity contribution in [1.82, 2.24) is 0 Å². The van der Waals surface area contributed by atoms with Gasteiger partial charge in [-0.1, -0.05) is 48.5 Å². The van der Waals surface area contributed by atoms with Gasteiger partial charge in [-0.3, -0.25) is 4.79 Å². The second-order valence-corrected chi connectivity index (χ2v) is 5.50. The van der Waals surface area contributed by atoms with Gasteiger partial charge in [0, 0.05) is 12.2 Å². The zero-order valence-corrected chi connectivity index (χ0v) is 12.5. The Morgan fingerprint density at radius 1 is 1.00 bits per heavy atom. The van der Waals surface area contributed by atoms with Gasteiger partial charge in [0.2, 0.25) is 5.43 Å². The molecule has 0 radical (unpaired) electrons. The van der Waals surface area contributed by atoms with Gasteiger partial charge >= 0.3 is 0 Å². The molecular weight excluding hydrogens is 276 g/mol. The van der Waals surface area contributed by atoms with Crippen molar-refractivity contribution < 1.29 is 9.47 Å². The van der Waals surface area contributed by atoms with E-state index in [1.165, 1.54) is 0 Å². The van der Waals surface area contributed by atoms with Crippen LogP contribution in [-0.2, 0) is 11.3 Å². The Kier molecular flexibility index (Phi) is 4.86. The zero-order valence-electron chi connectivity index (χ0n) is 12.5. The first-order valence-corrected chi connectivity index (χ1v) is 7.76. The van der Waals surface area contributed by atoms with Gasteiger partial charge in [0.05, 0.1) is 6.10 Å². The van der Waals surface area contributed by atoms with Crippen LogP contribution in [0.5, 0.6) is 5.75 Å². The van der Waals surface area contributed by atoms with Gasteiger partial charge in [0.25, 0.3) is 0 Å². The van der Waals surface area contributed by atoms with Crippen molar-refractivity contribution in [3.05, 3.63) is 75.9 Å². The van der Waals surface area contributed by atoms with Crippen LogP contribution in [0.2, 0.25) is 0 Å². The van der Waals surface area contributed by atoms with Crippen LogP contribution in [0.3, 0.4) is 0 Å². The van der Waals surface area contributed by atoms with Gasteiger partial charge < -0.3 is 9.47 Å². The van der Waals surface area contributed by atoms with Gasteiger partial charge in [-0.15, -0.1) is 0 Å². The van der Waals surface area contributed by atoms with Crippen molar-refractivity contribution in [3.63, 3.8) is 0 Å². The quantitative estimate of drug-likeness (QED) is 0.859. The van der Waals surface area contributed by atoms with Crippen LogP contribution in [0.15, 0.2) is 59.4 Å². The first kappa shape index (κ1) is 14.8. The molecule has 1 atom stereocenters. The van der Waals surface area contributed by atoms with E-state index in [0.717, 1.165) is 31.4 Å². The van der Waals surface area contributed by atoms with E-state index in [4.69, 9.17) is 9.47 Å². The summed E-state index contributed by atoms with van der Waals surface area (Å²) in [5, 5.41) is 0. The van der Waals surface area contributed by atoms with E-state index in [9.17, 15) is 4.79 Å². The van der Waals surface area contributed by atoms with Crippen molar-refractivity contribution in [2.45, 2.75) is 32.0 Å². The molecule has 3 nitrogen and oxygen atoms in total. The van der Waals surface area contributed by atoms with Crippen LogP contribution < -0.4 is 10.2 Å². The number of rotatable bonds is 4. The molecular formula is C19H20O3. The second kappa shape index (κ2) is 7.23. The molecule has 0 bridgehead atoms. The third-order valence-electron chi connectivity index (χ3n) is 3.88. The van der Waals surface area contributed by atoms with E-state index in [1.54, 1.807) is 6.07 Å². The molecule has 3 rings (SSSR count). The Labute approximate surface area is 130 Å². The molecule has 0 aromatic heterocycles. The summed E-state index contributed by atoms with van der Waals surface area (Å²) >= 11 is 0. The summed E-state index contributed by atoms with van der Waals surface area (Å²) in [4.78, 5) is 12.7. The largest absolute Gasteiger partial charge is 0.485 e. The predicted octanol–water partition coefficient (Wildman–Crippen LogP) is 3.87. The zero-order chi connectivity index (χ0) is 15.2. The molecule has 2 aromatic carbocycles. The summed E-state index contributed by atoms with van der Waals surface area (Å²) in [6, 6.07) is 17.2. The SMILES string of the molecule is O=c1c(OCc2ccccc2)ccccc1C1CCCCO1. The minimum absolute atomic E-state index is 0.0622. The second-order valence-electron chi connectivity index (χ2n) is 5.50. The van der Waals surface area contributed by atoms with E-state index >= 15 is 0 Å². The molecule has 3 heteroatoms. The summed E-state index contributed by atoms with van der Waals surface area (Å²) in [6.45, 7) is 1.12. The first-order chi connectivity index (χ1) is 10.8. The molecule has 2 aromatic rings. The molecule has 1 aliphatic heterocycles. The summed E-state index contributed by atoms with van der Waals surface area (Å²) in [5.41, 5.74) is 1.68. The van der Waals surface area contributed by atoms with Crippen LogP contribution in [0, 0.1) is 0 Å². The number of hydrogen-bond donors (Lipinski definition) is 0. The third-order valence-corrected chi connectivity index (χ3v) is 3.88. The number of ether oxygens (including phenoxy) is 2. The maximum absolute atomic E-state index is 12.7. The van der Waals surface area contributed by atoms with Crippen molar-refractivity contribution in [1.29, 1.82) is 0 Å². The van der Waals surface area contributed by atoms with Gasteiger partial charge in [-0.25, -0.2) is 0 Å². The van der Waals surface area contributed by atoms with E-state index in [-0.39, 0.29) is 11.5 Å². The van der Waals surface area contributed by atoms with Crippen LogP contribution in [-0.4, -0.2) is 6.61 Å². The van der Waals surface area contributed by atoms with Gasteiger partial charge in [-0.2, -0.15) is 0 Å². The Balaban J connectivity index is 1.82. The fourth-order valence-electron chi connectivity index (χ4n) is 2.68. The summed E-state index contributed by atoms with van der Waals surface area (Å²) in [5.74, 6) is 0.387. The van der Waals surface area contributed by atoms with Crippen LogP contribution in [0.1, 0.15) is 36.5 Å². The molecule has 0 saturated carbocycles. The minimum atomic E-state index is -0.104. The maximum atomic E-state index is 12.7. The summed E-state index contributed by atoms with van der Waals surface area (Å²) in [6.07, 6.45) is 2.97. The molecule has 1 unspecified atom stereocenters. The smallest absolute Gasteiger partial charge is 0.226 e. The average Bonchev–Trinajstić information content (AvgIpc) is 2.76. The van der Waals surface area contributed by atoms with E-state index < -0.39 is 0 Å². The molecule has 1 aliphatic rings. The molecule has 1 fully saturated rings. The molecule has 114 valence electrons. The Hall–Kier alpha value is -2.13. The van der Waals surface area contributed by atoms with E-state index in [2.05, 4.69) is 0 Å².